The number of anilines is 2. The van der Waals surface area contributed by atoms with Crippen molar-refractivity contribution < 1.29 is 4.92 Å². The number of halogens is 1. The maximum atomic E-state index is 10.7. The molecule has 18 heavy (non-hydrogen) atoms. The maximum absolute atomic E-state index is 10.7. The molecule has 0 fully saturated rings. The zero-order chi connectivity index (χ0) is 13.1. The van der Waals surface area contributed by atoms with Gasteiger partial charge >= 0.3 is 0 Å². The highest BCUT2D eigenvalue weighted by Gasteiger charge is 2.07. The van der Waals surface area contributed by atoms with Crippen LogP contribution in [0.3, 0.4) is 0 Å². The number of non-ortho nitro benzene ring substituents is 1. The minimum Gasteiger partial charge on any atom is -0.340 e. The Kier molecular flexibility index (Phi) is 3.38. The Labute approximate surface area is 108 Å². The van der Waals surface area contributed by atoms with Crippen LogP contribution >= 0.6 is 11.6 Å². The van der Waals surface area contributed by atoms with Gasteiger partial charge in [-0.15, -0.1) is 0 Å². The number of nitrogens with one attached hydrogen (secondary N) is 1. The highest BCUT2D eigenvalue weighted by Crippen LogP contribution is 2.22. The molecule has 1 heterocycles. The van der Waals surface area contributed by atoms with E-state index in [2.05, 4.69) is 15.3 Å². The van der Waals surface area contributed by atoms with E-state index in [4.69, 9.17) is 11.6 Å². The topological polar surface area (TPSA) is 81.0 Å². The Balaban J connectivity index is 2.31. The van der Waals surface area contributed by atoms with E-state index >= 15 is 0 Å². The number of aromatic nitrogens is 2. The van der Waals surface area contributed by atoms with Gasteiger partial charge < -0.3 is 5.32 Å². The molecule has 0 atom stereocenters. The predicted molar refractivity (Wildman–Crippen MR) is 68.2 cm³/mol. The van der Waals surface area contributed by atoms with E-state index in [-0.39, 0.29) is 11.0 Å². The predicted octanol–water partition coefficient (Wildman–Crippen LogP) is 3.09. The Bertz CT molecular complexity index is 603. The van der Waals surface area contributed by atoms with Gasteiger partial charge in [-0.2, -0.15) is 0 Å². The SMILES string of the molecule is Cc1cnc(Cl)nc1Nc1cccc([N+](=O)[O-])c1. The first-order valence-electron chi connectivity index (χ1n) is 5.07. The van der Waals surface area contributed by atoms with Crippen molar-refractivity contribution in [1.82, 2.24) is 9.97 Å². The average molecular weight is 265 g/mol. The van der Waals surface area contributed by atoms with Crippen LogP contribution in [0, 0.1) is 17.0 Å². The van der Waals surface area contributed by atoms with Gasteiger partial charge in [0.05, 0.1) is 4.92 Å². The second kappa shape index (κ2) is 4.97. The molecule has 0 amide bonds. The smallest absolute Gasteiger partial charge is 0.271 e. The molecule has 2 aromatic rings. The van der Waals surface area contributed by atoms with Crippen LogP contribution in [-0.2, 0) is 0 Å². The van der Waals surface area contributed by atoms with Crippen LogP contribution in [0.5, 0.6) is 0 Å². The quantitative estimate of drug-likeness (QED) is 0.523. The van der Waals surface area contributed by atoms with Gasteiger partial charge in [-0.25, -0.2) is 9.97 Å². The number of rotatable bonds is 3. The highest BCUT2D eigenvalue weighted by molar-refractivity contribution is 6.28. The molecule has 92 valence electrons. The minimum atomic E-state index is -0.453. The maximum Gasteiger partial charge on any atom is 0.271 e. The third-order valence-corrected chi connectivity index (χ3v) is 2.44. The van der Waals surface area contributed by atoms with Crippen LogP contribution in [-0.4, -0.2) is 14.9 Å². The van der Waals surface area contributed by atoms with Crippen molar-refractivity contribution in [3.8, 4) is 0 Å². The van der Waals surface area contributed by atoms with Gasteiger partial charge in [0.15, 0.2) is 0 Å². The van der Waals surface area contributed by atoms with Gasteiger partial charge in [0, 0.05) is 29.6 Å². The Hall–Kier alpha value is -2.21. The summed E-state index contributed by atoms with van der Waals surface area (Å²) in [5, 5.41) is 13.7. The molecule has 0 aliphatic heterocycles. The van der Waals surface area contributed by atoms with Crippen molar-refractivity contribution in [1.29, 1.82) is 0 Å². The fourth-order valence-electron chi connectivity index (χ4n) is 1.38. The summed E-state index contributed by atoms with van der Waals surface area (Å²) in [6.07, 6.45) is 1.58. The molecule has 6 nitrogen and oxygen atoms in total. The van der Waals surface area contributed by atoms with E-state index in [1.807, 2.05) is 6.92 Å². The number of nitro benzene ring substituents is 1. The fraction of sp³-hybridized carbons (Fsp3) is 0.0909. The normalized spacial score (nSPS) is 10.1. The number of aryl methyl sites for hydroxylation is 1. The van der Waals surface area contributed by atoms with Crippen LogP contribution in [0.25, 0.3) is 0 Å². The summed E-state index contributed by atoms with van der Waals surface area (Å²) in [5.41, 5.74) is 1.38. The zero-order valence-electron chi connectivity index (χ0n) is 9.42. The zero-order valence-corrected chi connectivity index (χ0v) is 10.2. The molecule has 0 bridgehead atoms. The Morgan fingerprint density at radius 2 is 2.22 bits per heavy atom. The molecule has 7 heteroatoms. The van der Waals surface area contributed by atoms with Gasteiger partial charge in [0.25, 0.3) is 5.69 Å². The van der Waals surface area contributed by atoms with E-state index in [1.54, 1.807) is 18.3 Å². The summed E-state index contributed by atoms with van der Waals surface area (Å²) in [5.74, 6) is 0.524. The van der Waals surface area contributed by atoms with Crippen LogP contribution in [0.4, 0.5) is 17.2 Å². The van der Waals surface area contributed by atoms with Crippen molar-refractivity contribution in [2.24, 2.45) is 0 Å². The molecule has 0 aliphatic carbocycles. The summed E-state index contributed by atoms with van der Waals surface area (Å²) in [4.78, 5) is 18.1. The number of nitrogens with zero attached hydrogens (tertiary/aromatic N) is 3. The third kappa shape index (κ3) is 2.72. The molecule has 0 radical (unpaired) electrons. The monoisotopic (exact) mass is 264 g/mol. The van der Waals surface area contributed by atoms with Gasteiger partial charge in [0.2, 0.25) is 5.28 Å². The summed E-state index contributed by atoms with van der Waals surface area (Å²) in [7, 11) is 0. The van der Waals surface area contributed by atoms with E-state index in [0.717, 1.165) is 5.56 Å². The molecule has 0 saturated heterocycles. The van der Waals surface area contributed by atoms with Crippen molar-refractivity contribution in [3.63, 3.8) is 0 Å². The van der Waals surface area contributed by atoms with E-state index in [9.17, 15) is 10.1 Å². The van der Waals surface area contributed by atoms with E-state index < -0.39 is 4.92 Å². The lowest BCUT2D eigenvalue weighted by Crippen LogP contribution is -1.98. The van der Waals surface area contributed by atoms with Crippen LogP contribution < -0.4 is 5.32 Å². The van der Waals surface area contributed by atoms with Crippen molar-refractivity contribution in [2.45, 2.75) is 6.92 Å². The standard InChI is InChI=1S/C11H9ClN4O2/c1-7-6-13-11(12)15-10(7)14-8-3-2-4-9(5-8)16(17)18/h2-6H,1H3,(H,13,14,15). The Morgan fingerprint density at radius 1 is 1.44 bits per heavy atom. The molecule has 0 unspecified atom stereocenters. The first kappa shape index (κ1) is 12.3. The Morgan fingerprint density at radius 3 is 2.94 bits per heavy atom. The first-order valence-corrected chi connectivity index (χ1v) is 5.44. The summed E-state index contributed by atoms with van der Waals surface area (Å²) in [6, 6.07) is 6.15. The van der Waals surface area contributed by atoms with Crippen LogP contribution in [0.15, 0.2) is 30.5 Å². The molecule has 1 aromatic heterocycles. The molecular weight excluding hydrogens is 256 g/mol. The highest BCUT2D eigenvalue weighted by atomic mass is 35.5. The molecule has 1 aromatic carbocycles. The first-order chi connectivity index (χ1) is 8.56. The van der Waals surface area contributed by atoms with Crippen LogP contribution in [0.2, 0.25) is 5.28 Å². The van der Waals surface area contributed by atoms with Crippen molar-refractivity contribution in [3.05, 3.63) is 51.4 Å². The number of hydrogen-bond acceptors (Lipinski definition) is 5. The van der Waals surface area contributed by atoms with Crippen molar-refractivity contribution in [2.75, 3.05) is 5.32 Å². The van der Waals surface area contributed by atoms with Crippen molar-refractivity contribution >= 4 is 28.8 Å². The van der Waals surface area contributed by atoms with Gasteiger partial charge in [-0.1, -0.05) is 6.07 Å². The molecule has 0 aliphatic rings. The largest absolute Gasteiger partial charge is 0.340 e. The van der Waals surface area contributed by atoms with Crippen LogP contribution in [0.1, 0.15) is 5.56 Å². The summed E-state index contributed by atoms with van der Waals surface area (Å²) >= 11 is 5.69. The van der Waals surface area contributed by atoms with Gasteiger partial charge in [-0.3, -0.25) is 10.1 Å². The van der Waals surface area contributed by atoms with Gasteiger partial charge in [-0.05, 0) is 24.6 Å². The number of hydrogen-bond donors (Lipinski definition) is 1. The lowest BCUT2D eigenvalue weighted by atomic mass is 10.2. The summed E-state index contributed by atoms with van der Waals surface area (Å²) in [6.45, 7) is 1.82. The minimum absolute atomic E-state index is 0.0119. The number of nitro groups is 1. The second-order valence-corrected chi connectivity index (χ2v) is 3.94. The lowest BCUT2D eigenvalue weighted by molar-refractivity contribution is -0.384. The lowest BCUT2D eigenvalue weighted by Gasteiger charge is -2.07. The van der Waals surface area contributed by atoms with Gasteiger partial charge in [0.1, 0.15) is 5.82 Å². The van der Waals surface area contributed by atoms with E-state index in [0.29, 0.717) is 11.5 Å². The fourth-order valence-corrected chi connectivity index (χ4v) is 1.51. The average Bonchev–Trinajstić information content (AvgIpc) is 2.34. The van der Waals surface area contributed by atoms with E-state index in [1.165, 1.54) is 12.1 Å². The molecule has 0 saturated carbocycles. The second-order valence-electron chi connectivity index (χ2n) is 3.60. The molecule has 2 rings (SSSR count). The molecule has 0 spiro atoms. The number of benzene rings is 1. The molecule has 1 N–H and O–H groups in total. The summed E-state index contributed by atoms with van der Waals surface area (Å²) < 4.78 is 0. The molecular formula is C11H9ClN4O2. The third-order valence-electron chi connectivity index (χ3n) is 2.26.